The Morgan fingerprint density at radius 1 is 1.44 bits per heavy atom. The first kappa shape index (κ1) is 11.8. The molecule has 3 heterocycles. The third-order valence-electron chi connectivity index (χ3n) is 2.94. The lowest BCUT2D eigenvalue weighted by Crippen LogP contribution is -2.18. The average molecular weight is 265 g/mol. The molecule has 18 heavy (non-hydrogen) atoms. The van der Waals surface area contributed by atoms with Crippen molar-refractivity contribution in [2.45, 2.75) is 23.1 Å². The molecule has 1 saturated heterocycles. The molecule has 1 aliphatic heterocycles. The number of rotatable bonds is 3. The van der Waals surface area contributed by atoms with E-state index in [0.29, 0.717) is 11.1 Å². The molecule has 0 atom stereocenters. The van der Waals surface area contributed by atoms with Crippen LogP contribution in [-0.4, -0.2) is 32.8 Å². The van der Waals surface area contributed by atoms with E-state index in [9.17, 15) is 0 Å². The molecule has 3 rings (SSSR count). The molecule has 1 fully saturated rings. The molecule has 6 nitrogen and oxygen atoms in total. The molecule has 96 valence electrons. The topological polar surface area (TPSA) is 77.5 Å². The summed E-state index contributed by atoms with van der Waals surface area (Å²) in [5, 5.41) is 1.46. The van der Waals surface area contributed by atoms with Gasteiger partial charge < -0.3 is 14.6 Å². The van der Waals surface area contributed by atoms with E-state index in [4.69, 9.17) is 10.6 Å². The Morgan fingerprint density at radius 3 is 3.06 bits per heavy atom. The van der Waals surface area contributed by atoms with Crippen molar-refractivity contribution in [3.8, 4) is 0 Å². The standard InChI is InChI=1S/C11H15N5OS/c12-15-9-7-16-4-3-13-10(16)11(14-9)18-8-1-5-17-6-2-8/h3-4,7-8,15H,1-2,5-6,12H2. The average Bonchev–Trinajstić information content (AvgIpc) is 2.88. The van der Waals surface area contributed by atoms with Gasteiger partial charge in [-0.2, -0.15) is 0 Å². The number of hydrogen-bond donors (Lipinski definition) is 2. The quantitative estimate of drug-likeness (QED) is 0.643. The highest BCUT2D eigenvalue weighted by atomic mass is 32.2. The van der Waals surface area contributed by atoms with E-state index in [1.807, 2.05) is 16.8 Å². The van der Waals surface area contributed by atoms with Crippen LogP contribution in [0.3, 0.4) is 0 Å². The number of hydrazine groups is 1. The molecule has 3 N–H and O–H groups in total. The van der Waals surface area contributed by atoms with Gasteiger partial charge in [-0.15, -0.1) is 0 Å². The third kappa shape index (κ3) is 2.29. The van der Waals surface area contributed by atoms with Crippen molar-refractivity contribution in [3.63, 3.8) is 0 Å². The van der Waals surface area contributed by atoms with Gasteiger partial charge in [0, 0.05) is 30.9 Å². The predicted molar refractivity (Wildman–Crippen MR) is 70.5 cm³/mol. The first-order valence-electron chi connectivity index (χ1n) is 5.91. The number of hydrogen-bond acceptors (Lipinski definition) is 6. The lowest BCUT2D eigenvalue weighted by molar-refractivity contribution is 0.1000. The number of nitrogens with zero attached hydrogens (tertiary/aromatic N) is 3. The molecule has 7 heteroatoms. The van der Waals surface area contributed by atoms with E-state index in [0.717, 1.165) is 36.7 Å². The number of nitrogens with two attached hydrogens (primary N) is 1. The number of anilines is 1. The summed E-state index contributed by atoms with van der Waals surface area (Å²) < 4.78 is 7.30. The van der Waals surface area contributed by atoms with Crippen LogP contribution < -0.4 is 11.3 Å². The Bertz CT molecular complexity index is 537. The maximum atomic E-state index is 5.44. The highest BCUT2D eigenvalue weighted by Gasteiger charge is 2.18. The minimum absolute atomic E-state index is 0.541. The highest BCUT2D eigenvalue weighted by Crippen LogP contribution is 2.31. The normalized spacial score (nSPS) is 17.2. The Labute approximate surface area is 109 Å². The molecule has 0 radical (unpaired) electrons. The fraction of sp³-hybridized carbons (Fsp3) is 0.455. The van der Waals surface area contributed by atoms with Crippen LogP contribution in [0.4, 0.5) is 5.82 Å². The van der Waals surface area contributed by atoms with Gasteiger partial charge in [0.15, 0.2) is 11.5 Å². The molecule has 0 unspecified atom stereocenters. The summed E-state index contributed by atoms with van der Waals surface area (Å²) in [4.78, 5) is 8.83. The number of nitrogens with one attached hydrogen (secondary N) is 1. The predicted octanol–water partition coefficient (Wildman–Crippen LogP) is 1.29. The van der Waals surface area contributed by atoms with Gasteiger partial charge in [-0.05, 0) is 12.8 Å². The summed E-state index contributed by atoms with van der Waals surface area (Å²) in [5.41, 5.74) is 3.47. The van der Waals surface area contributed by atoms with Crippen LogP contribution in [0, 0.1) is 0 Å². The first-order valence-corrected chi connectivity index (χ1v) is 6.79. The Hall–Kier alpha value is -1.31. The van der Waals surface area contributed by atoms with Crippen molar-refractivity contribution in [2.24, 2.45) is 5.84 Å². The van der Waals surface area contributed by atoms with Crippen molar-refractivity contribution in [3.05, 3.63) is 18.6 Å². The van der Waals surface area contributed by atoms with E-state index in [-0.39, 0.29) is 0 Å². The van der Waals surface area contributed by atoms with Crippen LogP contribution in [0.2, 0.25) is 0 Å². The van der Waals surface area contributed by atoms with Crippen molar-refractivity contribution in [1.29, 1.82) is 0 Å². The summed E-state index contributed by atoms with van der Waals surface area (Å²) in [5.74, 6) is 6.08. The van der Waals surface area contributed by atoms with Crippen molar-refractivity contribution in [2.75, 3.05) is 18.6 Å². The minimum Gasteiger partial charge on any atom is -0.381 e. The number of thioether (sulfide) groups is 1. The molecule has 2 aromatic rings. The highest BCUT2D eigenvalue weighted by molar-refractivity contribution is 8.00. The van der Waals surface area contributed by atoms with E-state index < -0.39 is 0 Å². The monoisotopic (exact) mass is 265 g/mol. The molecule has 2 aromatic heterocycles. The van der Waals surface area contributed by atoms with Crippen LogP contribution >= 0.6 is 11.8 Å². The second kappa shape index (κ2) is 5.13. The van der Waals surface area contributed by atoms with Gasteiger partial charge in [0.2, 0.25) is 0 Å². The summed E-state index contributed by atoms with van der Waals surface area (Å²) in [6, 6.07) is 0. The van der Waals surface area contributed by atoms with Crippen molar-refractivity contribution in [1.82, 2.24) is 14.4 Å². The molecule has 0 spiro atoms. The Morgan fingerprint density at radius 2 is 2.28 bits per heavy atom. The number of imidazole rings is 1. The SMILES string of the molecule is NNc1cn2ccnc2c(SC2CCOCC2)n1. The maximum absolute atomic E-state index is 5.44. The molecule has 1 aliphatic rings. The van der Waals surface area contributed by atoms with E-state index >= 15 is 0 Å². The van der Waals surface area contributed by atoms with Crippen LogP contribution in [0.15, 0.2) is 23.6 Å². The molecule has 0 amide bonds. The number of aromatic nitrogens is 3. The molecule has 0 aromatic carbocycles. The first-order chi connectivity index (χ1) is 8.86. The summed E-state index contributed by atoms with van der Waals surface area (Å²) >= 11 is 1.76. The van der Waals surface area contributed by atoms with Gasteiger partial charge in [-0.25, -0.2) is 15.8 Å². The van der Waals surface area contributed by atoms with E-state index in [2.05, 4.69) is 15.4 Å². The minimum atomic E-state index is 0.541. The van der Waals surface area contributed by atoms with Crippen LogP contribution in [-0.2, 0) is 4.74 Å². The van der Waals surface area contributed by atoms with Crippen LogP contribution in [0.25, 0.3) is 5.65 Å². The fourth-order valence-corrected chi connectivity index (χ4v) is 3.16. The molecular formula is C11H15N5OS. The largest absolute Gasteiger partial charge is 0.381 e. The molecule has 0 aliphatic carbocycles. The number of ether oxygens (including phenoxy) is 1. The third-order valence-corrected chi connectivity index (χ3v) is 4.24. The summed E-state index contributed by atoms with van der Waals surface area (Å²) in [6.45, 7) is 1.66. The second-order valence-electron chi connectivity index (χ2n) is 4.16. The van der Waals surface area contributed by atoms with Gasteiger partial charge in [-0.3, -0.25) is 0 Å². The zero-order valence-electron chi connectivity index (χ0n) is 9.87. The molecular weight excluding hydrogens is 250 g/mol. The Kier molecular flexibility index (Phi) is 3.35. The molecule has 0 saturated carbocycles. The van der Waals surface area contributed by atoms with E-state index in [1.165, 1.54) is 0 Å². The Balaban J connectivity index is 1.91. The van der Waals surface area contributed by atoms with Crippen LogP contribution in [0.1, 0.15) is 12.8 Å². The van der Waals surface area contributed by atoms with Gasteiger partial charge >= 0.3 is 0 Å². The summed E-state index contributed by atoms with van der Waals surface area (Å²) in [6.07, 6.45) is 7.60. The maximum Gasteiger partial charge on any atom is 0.169 e. The zero-order chi connectivity index (χ0) is 12.4. The van der Waals surface area contributed by atoms with Gasteiger partial charge in [0.05, 0.1) is 6.20 Å². The van der Waals surface area contributed by atoms with E-state index in [1.54, 1.807) is 18.0 Å². The smallest absolute Gasteiger partial charge is 0.169 e. The lowest BCUT2D eigenvalue weighted by Gasteiger charge is -2.21. The van der Waals surface area contributed by atoms with Gasteiger partial charge in [-0.1, -0.05) is 11.8 Å². The van der Waals surface area contributed by atoms with Crippen LogP contribution in [0.5, 0.6) is 0 Å². The zero-order valence-corrected chi connectivity index (χ0v) is 10.7. The van der Waals surface area contributed by atoms with Gasteiger partial charge in [0.1, 0.15) is 5.03 Å². The van der Waals surface area contributed by atoms with Crippen molar-refractivity contribution >= 4 is 23.2 Å². The fourth-order valence-electron chi connectivity index (χ4n) is 2.00. The lowest BCUT2D eigenvalue weighted by atomic mass is 10.2. The number of fused-ring (bicyclic) bond motifs is 1. The van der Waals surface area contributed by atoms with Gasteiger partial charge in [0.25, 0.3) is 0 Å². The second-order valence-corrected chi connectivity index (χ2v) is 5.45. The molecule has 0 bridgehead atoms. The summed E-state index contributed by atoms with van der Waals surface area (Å²) in [7, 11) is 0. The van der Waals surface area contributed by atoms with Crippen molar-refractivity contribution < 1.29 is 4.74 Å². The number of nitrogen functional groups attached to an aromatic ring is 1.